The Balaban J connectivity index is 1.49. The summed E-state index contributed by atoms with van der Waals surface area (Å²) in [6.45, 7) is 2.67. The first-order valence-corrected chi connectivity index (χ1v) is 9.95. The van der Waals surface area contributed by atoms with Gasteiger partial charge in [-0.2, -0.15) is 5.10 Å². The van der Waals surface area contributed by atoms with Gasteiger partial charge in [0, 0.05) is 17.0 Å². The van der Waals surface area contributed by atoms with Gasteiger partial charge in [0.15, 0.2) is 0 Å². The van der Waals surface area contributed by atoms with Gasteiger partial charge in [0.2, 0.25) is 0 Å². The molecule has 1 aromatic carbocycles. The Bertz CT molecular complexity index is 885. The van der Waals surface area contributed by atoms with Gasteiger partial charge in [-0.05, 0) is 61.6 Å². The van der Waals surface area contributed by atoms with Crippen molar-refractivity contribution in [3.05, 3.63) is 64.2 Å². The normalized spacial score (nSPS) is 15.7. The molecule has 0 spiro atoms. The molecule has 4 rings (SSSR count). The van der Waals surface area contributed by atoms with Crippen LogP contribution in [0, 0.1) is 5.82 Å². The predicted molar refractivity (Wildman–Crippen MR) is 104 cm³/mol. The highest BCUT2D eigenvalue weighted by atomic mass is 32.1. The van der Waals surface area contributed by atoms with Crippen LogP contribution in [0.5, 0.6) is 0 Å². The number of nitrogens with one attached hydrogen (secondary N) is 2. The first-order chi connectivity index (χ1) is 13.2. The highest BCUT2D eigenvalue weighted by Crippen LogP contribution is 2.28. The number of aromatic nitrogens is 2. The standard InChI is InChI=1S/C20H21FN4OS/c21-15-7-5-14(6-8-15)19-16(12-23-24-19)20(26)22-13-17(18-4-3-11-27-18)25-9-1-2-10-25/h3-8,11-12,17H,1-2,9-10,13H2,(H,22,26)(H,23,24)/t17-/m0/s1. The van der Waals surface area contributed by atoms with E-state index in [0.717, 1.165) is 18.7 Å². The van der Waals surface area contributed by atoms with Gasteiger partial charge in [0.05, 0.1) is 23.5 Å². The minimum Gasteiger partial charge on any atom is -0.350 e. The molecule has 3 aromatic rings. The van der Waals surface area contributed by atoms with E-state index in [-0.39, 0.29) is 17.8 Å². The van der Waals surface area contributed by atoms with Crippen LogP contribution in [0.2, 0.25) is 0 Å². The van der Waals surface area contributed by atoms with Crippen molar-refractivity contribution >= 4 is 17.2 Å². The first-order valence-electron chi connectivity index (χ1n) is 9.07. The Morgan fingerprint density at radius 3 is 2.74 bits per heavy atom. The van der Waals surface area contributed by atoms with E-state index in [2.05, 4.69) is 31.9 Å². The van der Waals surface area contributed by atoms with Crippen LogP contribution in [-0.4, -0.2) is 40.6 Å². The molecule has 27 heavy (non-hydrogen) atoms. The monoisotopic (exact) mass is 384 g/mol. The van der Waals surface area contributed by atoms with Gasteiger partial charge in [0.1, 0.15) is 5.82 Å². The second-order valence-electron chi connectivity index (χ2n) is 6.65. The zero-order valence-electron chi connectivity index (χ0n) is 14.8. The Morgan fingerprint density at radius 2 is 2.04 bits per heavy atom. The number of aromatic amines is 1. The van der Waals surface area contributed by atoms with Crippen molar-refractivity contribution in [2.75, 3.05) is 19.6 Å². The van der Waals surface area contributed by atoms with Crippen LogP contribution in [0.4, 0.5) is 4.39 Å². The zero-order chi connectivity index (χ0) is 18.6. The molecule has 0 aliphatic carbocycles. The Kier molecular flexibility index (Phi) is 5.31. The molecule has 5 nitrogen and oxygen atoms in total. The summed E-state index contributed by atoms with van der Waals surface area (Å²) >= 11 is 1.72. The maximum atomic E-state index is 13.2. The van der Waals surface area contributed by atoms with E-state index in [1.807, 2.05) is 6.07 Å². The SMILES string of the molecule is O=C(NC[C@@H](c1cccs1)N1CCCC1)c1cn[nH]c1-c1ccc(F)cc1. The number of likely N-dealkylation sites (tertiary alicyclic amines) is 1. The number of rotatable bonds is 6. The summed E-state index contributed by atoms with van der Waals surface area (Å²) < 4.78 is 13.2. The van der Waals surface area contributed by atoms with Crippen LogP contribution in [0.25, 0.3) is 11.3 Å². The van der Waals surface area contributed by atoms with E-state index in [1.54, 1.807) is 23.5 Å². The molecule has 1 aliphatic rings. The van der Waals surface area contributed by atoms with Crippen LogP contribution < -0.4 is 5.32 Å². The molecule has 1 fully saturated rings. The number of thiophene rings is 1. The van der Waals surface area contributed by atoms with Crippen LogP contribution in [-0.2, 0) is 0 Å². The summed E-state index contributed by atoms with van der Waals surface area (Å²) in [4.78, 5) is 16.5. The molecule has 0 saturated carbocycles. The minimum absolute atomic E-state index is 0.177. The van der Waals surface area contributed by atoms with E-state index < -0.39 is 0 Å². The van der Waals surface area contributed by atoms with Gasteiger partial charge >= 0.3 is 0 Å². The lowest BCUT2D eigenvalue weighted by atomic mass is 10.1. The maximum absolute atomic E-state index is 13.2. The Labute approximate surface area is 161 Å². The Morgan fingerprint density at radius 1 is 1.26 bits per heavy atom. The summed E-state index contributed by atoms with van der Waals surface area (Å²) in [6, 6.07) is 10.4. The number of amides is 1. The molecular weight excluding hydrogens is 363 g/mol. The highest BCUT2D eigenvalue weighted by Gasteiger charge is 2.25. The zero-order valence-corrected chi connectivity index (χ0v) is 15.6. The first kappa shape index (κ1) is 17.9. The van der Waals surface area contributed by atoms with Crippen molar-refractivity contribution in [2.45, 2.75) is 18.9 Å². The van der Waals surface area contributed by atoms with Crippen molar-refractivity contribution < 1.29 is 9.18 Å². The fourth-order valence-corrected chi connectivity index (χ4v) is 4.38. The molecule has 2 aromatic heterocycles. The molecule has 3 heterocycles. The van der Waals surface area contributed by atoms with E-state index in [1.165, 1.54) is 36.0 Å². The van der Waals surface area contributed by atoms with Crippen LogP contribution in [0.3, 0.4) is 0 Å². The molecule has 1 amide bonds. The van der Waals surface area contributed by atoms with Gasteiger partial charge in [-0.15, -0.1) is 11.3 Å². The fourth-order valence-electron chi connectivity index (χ4n) is 3.52. The molecule has 0 radical (unpaired) electrons. The topological polar surface area (TPSA) is 61.0 Å². The Hall–Kier alpha value is -2.51. The van der Waals surface area contributed by atoms with Gasteiger partial charge in [-0.3, -0.25) is 14.8 Å². The van der Waals surface area contributed by atoms with E-state index in [4.69, 9.17) is 0 Å². The van der Waals surface area contributed by atoms with Gasteiger partial charge < -0.3 is 5.32 Å². The van der Waals surface area contributed by atoms with Crippen molar-refractivity contribution in [1.82, 2.24) is 20.4 Å². The number of hydrogen-bond donors (Lipinski definition) is 2. The third kappa shape index (κ3) is 3.94. The molecule has 1 atom stereocenters. The van der Waals surface area contributed by atoms with Gasteiger partial charge in [-0.25, -0.2) is 4.39 Å². The van der Waals surface area contributed by atoms with E-state index in [9.17, 15) is 9.18 Å². The van der Waals surface area contributed by atoms with Crippen molar-refractivity contribution in [3.8, 4) is 11.3 Å². The third-order valence-corrected chi connectivity index (χ3v) is 5.90. The molecule has 0 bridgehead atoms. The average molecular weight is 384 g/mol. The number of nitrogens with zero attached hydrogens (tertiary/aromatic N) is 2. The second kappa shape index (κ2) is 8.02. The molecular formula is C20H21FN4OS. The largest absolute Gasteiger partial charge is 0.350 e. The second-order valence-corrected chi connectivity index (χ2v) is 7.63. The predicted octanol–water partition coefficient (Wildman–Crippen LogP) is 3.84. The summed E-state index contributed by atoms with van der Waals surface area (Å²) in [5, 5.41) is 12.0. The fraction of sp³-hybridized carbons (Fsp3) is 0.300. The number of carbonyl (C=O) groups is 1. The lowest BCUT2D eigenvalue weighted by molar-refractivity contribution is 0.0939. The van der Waals surface area contributed by atoms with Crippen molar-refractivity contribution in [3.63, 3.8) is 0 Å². The van der Waals surface area contributed by atoms with Crippen molar-refractivity contribution in [2.24, 2.45) is 0 Å². The molecule has 7 heteroatoms. The maximum Gasteiger partial charge on any atom is 0.255 e. The summed E-state index contributed by atoms with van der Waals surface area (Å²) in [7, 11) is 0. The smallest absolute Gasteiger partial charge is 0.255 e. The van der Waals surface area contributed by atoms with E-state index >= 15 is 0 Å². The van der Waals surface area contributed by atoms with Crippen molar-refractivity contribution in [1.29, 1.82) is 0 Å². The molecule has 2 N–H and O–H groups in total. The van der Waals surface area contributed by atoms with Crippen LogP contribution in [0.15, 0.2) is 48.0 Å². The van der Waals surface area contributed by atoms with Crippen LogP contribution >= 0.6 is 11.3 Å². The number of halogens is 1. The third-order valence-electron chi connectivity index (χ3n) is 4.93. The van der Waals surface area contributed by atoms with Crippen LogP contribution in [0.1, 0.15) is 34.1 Å². The van der Waals surface area contributed by atoms with Gasteiger partial charge in [0.25, 0.3) is 5.91 Å². The summed E-state index contributed by atoms with van der Waals surface area (Å²) in [5.74, 6) is -0.488. The molecule has 1 saturated heterocycles. The quantitative estimate of drug-likeness (QED) is 0.679. The lowest BCUT2D eigenvalue weighted by Gasteiger charge is -2.26. The number of H-pyrrole nitrogens is 1. The number of hydrogen-bond acceptors (Lipinski definition) is 4. The minimum atomic E-state index is -0.311. The highest BCUT2D eigenvalue weighted by molar-refractivity contribution is 7.10. The van der Waals surface area contributed by atoms with E-state index in [0.29, 0.717) is 17.8 Å². The van der Waals surface area contributed by atoms with Gasteiger partial charge in [-0.1, -0.05) is 6.07 Å². The number of benzene rings is 1. The summed E-state index contributed by atoms with van der Waals surface area (Å²) in [6.07, 6.45) is 3.92. The lowest BCUT2D eigenvalue weighted by Crippen LogP contribution is -2.36. The summed E-state index contributed by atoms with van der Waals surface area (Å²) in [5.41, 5.74) is 1.79. The molecule has 0 unspecified atom stereocenters. The molecule has 1 aliphatic heterocycles. The average Bonchev–Trinajstić information content (AvgIpc) is 3.44. The molecule has 140 valence electrons. The number of carbonyl (C=O) groups excluding carboxylic acids is 1.